The van der Waals surface area contributed by atoms with Gasteiger partial charge in [0.1, 0.15) is 0 Å². The molecule has 6 aromatic carbocycles. The molecular weight excluding hydrogens is 611 g/mol. The average molecular weight is 642 g/mol. The van der Waals surface area contributed by atoms with Crippen LogP contribution in [-0.2, 0) is 0 Å². The van der Waals surface area contributed by atoms with Gasteiger partial charge in [0.25, 0.3) is 0 Å². The normalized spacial score (nSPS) is 16.2. The molecule has 0 amide bonds. The molecule has 0 saturated heterocycles. The molecule has 8 aromatic rings. The number of rotatable bonds is 5. The maximum atomic E-state index is 5.25. The van der Waals surface area contributed by atoms with Crippen molar-refractivity contribution in [3.63, 3.8) is 0 Å². The van der Waals surface area contributed by atoms with E-state index in [1.165, 1.54) is 27.5 Å². The van der Waals surface area contributed by atoms with E-state index in [1.807, 2.05) is 36.4 Å². The maximum Gasteiger partial charge on any atom is 0.234 e. The van der Waals surface area contributed by atoms with E-state index in [0.717, 1.165) is 33.5 Å². The predicted octanol–water partition coefficient (Wildman–Crippen LogP) is 10.7. The van der Waals surface area contributed by atoms with Crippen LogP contribution in [0.3, 0.4) is 0 Å². The largest absolute Gasteiger partial charge is 0.307 e. The zero-order chi connectivity index (χ0) is 33.0. The molecule has 1 aliphatic heterocycles. The first-order chi connectivity index (χ1) is 24.8. The fourth-order valence-corrected chi connectivity index (χ4v) is 7.72. The summed E-state index contributed by atoms with van der Waals surface area (Å²) in [6.07, 6.45) is 8.91. The molecule has 0 radical (unpaired) electrons. The highest BCUT2D eigenvalue weighted by Crippen LogP contribution is 2.52. The van der Waals surface area contributed by atoms with Crippen molar-refractivity contribution >= 4 is 33.4 Å². The molecule has 0 bridgehead atoms. The molecule has 0 fully saturated rings. The summed E-state index contributed by atoms with van der Waals surface area (Å²) in [6.45, 7) is 0. The first kappa shape index (κ1) is 28.4. The van der Waals surface area contributed by atoms with Crippen LogP contribution in [-0.4, -0.2) is 25.6 Å². The highest BCUT2D eigenvalue weighted by atomic mass is 15.3. The summed E-state index contributed by atoms with van der Waals surface area (Å²) >= 11 is 0. The second-order valence-electron chi connectivity index (χ2n) is 12.8. The van der Waals surface area contributed by atoms with Gasteiger partial charge in [-0.3, -0.25) is 0 Å². The molecule has 0 saturated carbocycles. The van der Waals surface area contributed by atoms with Crippen LogP contribution in [0.2, 0.25) is 0 Å². The van der Waals surface area contributed by atoms with Gasteiger partial charge in [-0.15, -0.1) is 0 Å². The molecule has 5 nitrogen and oxygen atoms in total. The molecular formula is C45H31N5. The number of fused-ring (bicyclic) bond motifs is 7. The Hall–Kier alpha value is -6.59. The SMILES string of the molecule is C1=CC2c3ccc4c5ccccc5n(-c5cccc(-c6ccccc6)c5)c4c3N(c3nc(-c4ccccc4)nc(-c4ccccc4)n3)C2C=C1. The van der Waals surface area contributed by atoms with Crippen LogP contribution in [0, 0.1) is 0 Å². The lowest BCUT2D eigenvalue weighted by molar-refractivity contribution is 0.728. The Morgan fingerprint density at radius 2 is 1.10 bits per heavy atom. The molecule has 5 heteroatoms. The molecule has 2 aliphatic rings. The van der Waals surface area contributed by atoms with Crippen molar-refractivity contribution < 1.29 is 0 Å². The minimum absolute atomic E-state index is 0.00244. The zero-order valence-corrected chi connectivity index (χ0v) is 27.1. The number of hydrogen-bond donors (Lipinski definition) is 0. The van der Waals surface area contributed by atoms with E-state index in [0.29, 0.717) is 17.6 Å². The fourth-order valence-electron chi connectivity index (χ4n) is 7.72. The van der Waals surface area contributed by atoms with Crippen LogP contribution in [0.1, 0.15) is 11.5 Å². The van der Waals surface area contributed by atoms with E-state index in [1.54, 1.807) is 0 Å². The standard InChI is InChI=1S/C45H31N5/c1-4-15-30(16-5-1)33-21-14-22-34(29-33)49-39-25-12-10-23-35(39)37-27-28-38-36-24-11-13-26-40(36)50(42(38)41(37)49)45-47-43(31-17-6-2-7-18-31)46-44(48-45)32-19-8-3-9-20-32/h1-29,36,40H. The Balaban J connectivity index is 1.28. The van der Waals surface area contributed by atoms with E-state index >= 15 is 0 Å². The van der Waals surface area contributed by atoms with Crippen molar-refractivity contribution in [3.05, 3.63) is 182 Å². The number of anilines is 2. The van der Waals surface area contributed by atoms with Crippen LogP contribution < -0.4 is 4.90 Å². The lowest BCUT2D eigenvalue weighted by Gasteiger charge is -2.27. The van der Waals surface area contributed by atoms with E-state index in [-0.39, 0.29) is 12.0 Å². The van der Waals surface area contributed by atoms with Gasteiger partial charge < -0.3 is 9.47 Å². The maximum absolute atomic E-state index is 5.25. The van der Waals surface area contributed by atoms with Crippen molar-refractivity contribution in [2.24, 2.45) is 0 Å². The monoisotopic (exact) mass is 641 g/mol. The number of hydrogen-bond acceptors (Lipinski definition) is 4. The Kier molecular flexibility index (Phi) is 6.56. The molecule has 236 valence electrons. The predicted molar refractivity (Wildman–Crippen MR) is 204 cm³/mol. The van der Waals surface area contributed by atoms with Gasteiger partial charge in [-0.2, -0.15) is 9.97 Å². The van der Waals surface area contributed by atoms with E-state index < -0.39 is 0 Å². The van der Waals surface area contributed by atoms with Crippen molar-refractivity contribution in [3.8, 4) is 39.6 Å². The third-order valence-corrected chi connectivity index (χ3v) is 9.96. The lowest BCUT2D eigenvalue weighted by atomic mass is 9.91. The van der Waals surface area contributed by atoms with Crippen LogP contribution in [0.15, 0.2) is 176 Å². The summed E-state index contributed by atoms with van der Waals surface area (Å²) in [5, 5.41) is 2.41. The average Bonchev–Trinajstić information content (AvgIpc) is 3.72. The number of allylic oxidation sites excluding steroid dienone is 2. The first-order valence-corrected chi connectivity index (χ1v) is 17.0. The quantitative estimate of drug-likeness (QED) is 0.188. The summed E-state index contributed by atoms with van der Waals surface area (Å²) < 4.78 is 2.44. The van der Waals surface area contributed by atoms with Gasteiger partial charge in [0.2, 0.25) is 5.95 Å². The van der Waals surface area contributed by atoms with Crippen molar-refractivity contribution in [2.75, 3.05) is 4.90 Å². The molecule has 50 heavy (non-hydrogen) atoms. The zero-order valence-electron chi connectivity index (χ0n) is 27.1. The van der Waals surface area contributed by atoms with Crippen molar-refractivity contribution in [2.45, 2.75) is 12.0 Å². The van der Waals surface area contributed by atoms with Gasteiger partial charge in [0.05, 0.1) is 22.8 Å². The smallest absolute Gasteiger partial charge is 0.234 e. The van der Waals surface area contributed by atoms with Gasteiger partial charge >= 0.3 is 0 Å². The molecule has 3 heterocycles. The lowest BCUT2D eigenvalue weighted by Crippen LogP contribution is -2.30. The number of para-hydroxylation sites is 1. The molecule has 10 rings (SSSR count). The van der Waals surface area contributed by atoms with Crippen molar-refractivity contribution in [1.29, 1.82) is 0 Å². The van der Waals surface area contributed by atoms with Gasteiger partial charge in [0, 0.05) is 33.5 Å². The highest BCUT2D eigenvalue weighted by molar-refractivity contribution is 6.15. The summed E-state index contributed by atoms with van der Waals surface area (Å²) in [4.78, 5) is 17.9. The number of aromatic nitrogens is 4. The van der Waals surface area contributed by atoms with Crippen LogP contribution >= 0.6 is 0 Å². The minimum atomic E-state index is -0.00244. The van der Waals surface area contributed by atoms with E-state index in [4.69, 9.17) is 15.0 Å². The van der Waals surface area contributed by atoms with Crippen LogP contribution in [0.5, 0.6) is 0 Å². The summed E-state index contributed by atoms with van der Waals surface area (Å²) in [7, 11) is 0. The second kappa shape index (κ2) is 11.5. The summed E-state index contributed by atoms with van der Waals surface area (Å²) in [6, 6.07) is 53.2. The minimum Gasteiger partial charge on any atom is -0.307 e. The molecule has 2 aromatic heterocycles. The van der Waals surface area contributed by atoms with Gasteiger partial charge in [-0.25, -0.2) is 4.98 Å². The van der Waals surface area contributed by atoms with Crippen LogP contribution in [0.25, 0.3) is 61.4 Å². The molecule has 0 spiro atoms. The highest BCUT2D eigenvalue weighted by Gasteiger charge is 2.41. The molecule has 1 aliphatic carbocycles. The summed E-state index contributed by atoms with van der Waals surface area (Å²) in [5.74, 6) is 2.07. The third kappa shape index (κ3) is 4.51. The molecule has 0 N–H and O–H groups in total. The Morgan fingerprint density at radius 1 is 0.480 bits per heavy atom. The van der Waals surface area contributed by atoms with Gasteiger partial charge in [-0.1, -0.05) is 158 Å². The van der Waals surface area contributed by atoms with Crippen molar-refractivity contribution in [1.82, 2.24) is 19.5 Å². The Morgan fingerprint density at radius 3 is 1.82 bits per heavy atom. The van der Waals surface area contributed by atoms with Gasteiger partial charge in [-0.05, 0) is 34.9 Å². The van der Waals surface area contributed by atoms with E-state index in [9.17, 15) is 0 Å². The Labute approximate surface area is 290 Å². The number of benzene rings is 6. The van der Waals surface area contributed by atoms with Gasteiger partial charge in [0.15, 0.2) is 11.6 Å². The fraction of sp³-hybridized carbons (Fsp3) is 0.0444. The first-order valence-electron chi connectivity index (χ1n) is 17.0. The van der Waals surface area contributed by atoms with Crippen LogP contribution in [0.4, 0.5) is 11.6 Å². The third-order valence-electron chi connectivity index (χ3n) is 9.96. The molecule has 2 unspecified atom stereocenters. The summed E-state index contributed by atoms with van der Waals surface area (Å²) in [5.41, 5.74) is 10.1. The van der Waals surface area contributed by atoms with E-state index in [2.05, 4.69) is 149 Å². The molecule has 2 atom stereocenters. The Bertz CT molecular complexity index is 2550. The second-order valence-corrected chi connectivity index (χ2v) is 12.8. The number of nitrogens with zero attached hydrogens (tertiary/aromatic N) is 5. The topological polar surface area (TPSA) is 46.8 Å².